The highest BCUT2D eigenvalue weighted by atomic mass is 35.5. The third kappa shape index (κ3) is 5.73. The number of rotatable bonds is 7. The summed E-state index contributed by atoms with van der Waals surface area (Å²) in [6, 6.07) is 17.7. The van der Waals surface area contributed by atoms with Crippen molar-refractivity contribution in [1.82, 2.24) is 0 Å². The molecule has 36 heavy (non-hydrogen) atoms. The summed E-state index contributed by atoms with van der Waals surface area (Å²) >= 11 is 13.2. The summed E-state index contributed by atoms with van der Waals surface area (Å²) in [5.74, 6) is -1.49. The number of nitrogens with zero attached hydrogens (tertiary/aromatic N) is 1. The number of imide groups is 1. The lowest BCUT2D eigenvalue weighted by atomic mass is 10.2. The quantitative estimate of drug-likeness (QED) is 0.297. The molecule has 1 aliphatic heterocycles. The van der Waals surface area contributed by atoms with Gasteiger partial charge in [-0.15, -0.1) is 11.8 Å². The predicted octanol–water partition coefficient (Wildman–Crippen LogP) is 5.85. The number of carbonyl (C=O) groups is 4. The Morgan fingerprint density at radius 3 is 2.36 bits per heavy atom. The van der Waals surface area contributed by atoms with Crippen molar-refractivity contribution in [3.63, 3.8) is 0 Å². The van der Waals surface area contributed by atoms with Crippen molar-refractivity contribution in [3.8, 4) is 0 Å². The van der Waals surface area contributed by atoms with E-state index in [9.17, 15) is 19.2 Å². The molecule has 1 fully saturated rings. The first-order valence-electron chi connectivity index (χ1n) is 10.9. The van der Waals surface area contributed by atoms with Crippen LogP contribution < -0.4 is 10.2 Å². The lowest BCUT2D eigenvalue weighted by molar-refractivity contribution is -0.121. The molecule has 0 bridgehead atoms. The van der Waals surface area contributed by atoms with Gasteiger partial charge in [-0.2, -0.15) is 0 Å². The summed E-state index contributed by atoms with van der Waals surface area (Å²) in [4.78, 5) is 51.8. The van der Waals surface area contributed by atoms with Crippen LogP contribution in [0.15, 0.2) is 71.6 Å². The summed E-state index contributed by atoms with van der Waals surface area (Å²) in [6.07, 6.45) is 0.0523. The second-order valence-electron chi connectivity index (χ2n) is 7.75. The van der Waals surface area contributed by atoms with Gasteiger partial charge in [-0.3, -0.25) is 14.4 Å². The van der Waals surface area contributed by atoms with Crippen LogP contribution in [0.1, 0.15) is 34.1 Å². The van der Waals surface area contributed by atoms with Gasteiger partial charge in [-0.1, -0.05) is 23.2 Å². The zero-order valence-corrected chi connectivity index (χ0v) is 21.3. The Morgan fingerprint density at radius 1 is 1.03 bits per heavy atom. The molecule has 0 aliphatic carbocycles. The fraction of sp³-hybridized carbons (Fsp3) is 0.154. The van der Waals surface area contributed by atoms with E-state index in [1.165, 1.54) is 30.0 Å². The van der Waals surface area contributed by atoms with Crippen LogP contribution in [-0.4, -0.2) is 35.5 Å². The summed E-state index contributed by atoms with van der Waals surface area (Å²) < 4.78 is 4.96. The summed E-state index contributed by atoms with van der Waals surface area (Å²) in [5, 5.41) is 2.86. The number of ether oxygens (including phenoxy) is 1. The molecule has 0 spiro atoms. The second kappa shape index (κ2) is 11.2. The Labute approximate surface area is 221 Å². The van der Waals surface area contributed by atoms with Crippen molar-refractivity contribution in [2.75, 3.05) is 16.8 Å². The molecule has 0 saturated carbocycles. The smallest absolute Gasteiger partial charge is 0.338 e. The summed E-state index contributed by atoms with van der Waals surface area (Å²) in [6.45, 7) is 1.97. The molecule has 0 aromatic heterocycles. The third-order valence-electron chi connectivity index (χ3n) is 5.31. The molecule has 1 aliphatic rings. The Kier molecular flexibility index (Phi) is 7.98. The van der Waals surface area contributed by atoms with Gasteiger partial charge < -0.3 is 10.1 Å². The molecule has 3 aromatic carbocycles. The Morgan fingerprint density at radius 2 is 1.72 bits per heavy atom. The van der Waals surface area contributed by atoms with Gasteiger partial charge in [0.05, 0.1) is 33.7 Å². The minimum Gasteiger partial charge on any atom is -0.462 e. The number of amides is 3. The highest BCUT2D eigenvalue weighted by molar-refractivity contribution is 8.00. The minimum atomic E-state index is -0.587. The van der Waals surface area contributed by atoms with E-state index < -0.39 is 11.2 Å². The monoisotopic (exact) mass is 542 g/mol. The molecule has 1 N–H and O–H groups in total. The molecule has 10 heteroatoms. The molecular formula is C26H20Cl2N2O5S. The van der Waals surface area contributed by atoms with E-state index in [1.54, 1.807) is 55.5 Å². The standard InChI is InChI=1S/C26H20Cl2N2O5S/c1-2-35-26(34)15-3-8-18(9-4-15)30-23(31)14-22(25(30)33)36-19-10-6-17(7-11-19)29-24(32)20-12-5-16(27)13-21(20)28/h3-13,22H,2,14H2,1H3,(H,29,32). The first-order valence-corrected chi connectivity index (χ1v) is 12.6. The van der Waals surface area contributed by atoms with E-state index in [0.29, 0.717) is 27.5 Å². The van der Waals surface area contributed by atoms with Crippen molar-refractivity contribution in [2.45, 2.75) is 23.5 Å². The van der Waals surface area contributed by atoms with Gasteiger partial charge in [0.25, 0.3) is 5.91 Å². The molecule has 4 rings (SSSR count). The maximum atomic E-state index is 13.0. The first-order chi connectivity index (χ1) is 17.3. The van der Waals surface area contributed by atoms with Crippen LogP contribution in [0.5, 0.6) is 0 Å². The average molecular weight is 543 g/mol. The third-order valence-corrected chi connectivity index (χ3v) is 7.05. The van der Waals surface area contributed by atoms with Crippen LogP contribution in [0.2, 0.25) is 10.0 Å². The van der Waals surface area contributed by atoms with E-state index in [1.807, 2.05) is 0 Å². The van der Waals surface area contributed by atoms with Crippen LogP contribution >= 0.6 is 35.0 Å². The Hall–Kier alpha value is -3.33. The van der Waals surface area contributed by atoms with Gasteiger partial charge in [0.15, 0.2) is 0 Å². The number of nitrogens with one attached hydrogen (secondary N) is 1. The Balaban J connectivity index is 1.39. The maximum absolute atomic E-state index is 13.0. The fourth-order valence-electron chi connectivity index (χ4n) is 3.58. The number of thioether (sulfide) groups is 1. The Bertz CT molecular complexity index is 1330. The number of benzene rings is 3. The summed E-state index contributed by atoms with van der Waals surface area (Å²) in [7, 11) is 0. The van der Waals surface area contributed by atoms with Crippen LogP contribution in [0.4, 0.5) is 11.4 Å². The van der Waals surface area contributed by atoms with Crippen molar-refractivity contribution >= 4 is 70.0 Å². The molecule has 3 aromatic rings. The topological polar surface area (TPSA) is 92.8 Å². The van der Waals surface area contributed by atoms with Crippen molar-refractivity contribution in [2.24, 2.45) is 0 Å². The lowest BCUT2D eigenvalue weighted by Crippen LogP contribution is -2.31. The molecule has 0 radical (unpaired) electrons. The molecule has 1 unspecified atom stereocenters. The number of hydrogen-bond donors (Lipinski definition) is 1. The number of carbonyl (C=O) groups excluding carboxylic acids is 4. The second-order valence-corrected chi connectivity index (χ2v) is 9.87. The highest BCUT2D eigenvalue weighted by Crippen LogP contribution is 2.34. The van der Waals surface area contributed by atoms with Gasteiger partial charge >= 0.3 is 5.97 Å². The van der Waals surface area contributed by atoms with Crippen molar-refractivity contribution < 1.29 is 23.9 Å². The van der Waals surface area contributed by atoms with Gasteiger partial charge in [0.1, 0.15) is 0 Å². The van der Waals surface area contributed by atoms with Crippen molar-refractivity contribution in [3.05, 3.63) is 87.9 Å². The molecule has 3 amide bonds. The van der Waals surface area contributed by atoms with Crippen LogP contribution in [0, 0.1) is 0 Å². The van der Waals surface area contributed by atoms with E-state index >= 15 is 0 Å². The van der Waals surface area contributed by atoms with Crippen LogP contribution in [-0.2, 0) is 14.3 Å². The minimum absolute atomic E-state index is 0.0523. The molecule has 184 valence electrons. The number of esters is 1. The van der Waals surface area contributed by atoms with E-state index in [0.717, 1.165) is 9.80 Å². The van der Waals surface area contributed by atoms with E-state index in [2.05, 4.69) is 5.32 Å². The molecule has 1 atom stereocenters. The number of anilines is 2. The van der Waals surface area contributed by atoms with Gasteiger partial charge in [-0.25, -0.2) is 9.69 Å². The largest absolute Gasteiger partial charge is 0.462 e. The van der Waals surface area contributed by atoms with Gasteiger partial charge in [0, 0.05) is 22.0 Å². The number of hydrogen-bond acceptors (Lipinski definition) is 6. The normalized spacial score (nSPS) is 15.2. The number of halogens is 2. The molecule has 7 nitrogen and oxygen atoms in total. The molecule has 1 saturated heterocycles. The van der Waals surface area contributed by atoms with E-state index in [4.69, 9.17) is 27.9 Å². The molecular weight excluding hydrogens is 523 g/mol. The SMILES string of the molecule is CCOC(=O)c1ccc(N2C(=O)CC(Sc3ccc(NC(=O)c4ccc(Cl)cc4Cl)cc3)C2=O)cc1. The lowest BCUT2D eigenvalue weighted by Gasteiger charge is -2.15. The maximum Gasteiger partial charge on any atom is 0.338 e. The van der Waals surface area contributed by atoms with Gasteiger partial charge in [0.2, 0.25) is 11.8 Å². The zero-order chi connectivity index (χ0) is 25.8. The predicted molar refractivity (Wildman–Crippen MR) is 140 cm³/mol. The zero-order valence-electron chi connectivity index (χ0n) is 19.0. The fourth-order valence-corrected chi connectivity index (χ4v) is 5.13. The van der Waals surface area contributed by atoms with E-state index in [-0.39, 0.29) is 35.8 Å². The summed E-state index contributed by atoms with van der Waals surface area (Å²) in [5.41, 5.74) is 1.59. The highest BCUT2D eigenvalue weighted by Gasteiger charge is 2.40. The van der Waals surface area contributed by atoms with Crippen LogP contribution in [0.3, 0.4) is 0 Å². The van der Waals surface area contributed by atoms with Gasteiger partial charge in [-0.05, 0) is 73.7 Å². The first kappa shape index (κ1) is 25.8. The van der Waals surface area contributed by atoms with Crippen molar-refractivity contribution in [1.29, 1.82) is 0 Å². The van der Waals surface area contributed by atoms with Crippen LogP contribution in [0.25, 0.3) is 0 Å². The average Bonchev–Trinajstić information content (AvgIpc) is 3.13. The molecule has 1 heterocycles.